The van der Waals surface area contributed by atoms with Gasteiger partial charge in [-0.1, -0.05) is 18.2 Å². The molecule has 7 heterocycles. The number of hydrogen-bond acceptors (Lipinski definition) is 8. The van der Waals surface area contributed by atoms with Crippen molar-refractivity contribution in [3.63, 3.8) is 0 Å². The normalized spacial score (nSPS) is 21.1. The minimum Gasteiger partial charge on any atom is -0.365 e. The SMILES string of the molecule is O=C1[C@@H]2C[C@@H](CN2c2ncnc3c2cnn3-c2ccc(F)cc2F)Nc2cccc(n2)-c2cccc3ncn(c23)C[C@H]2CCN1C2. The fraction of sp³-hybridized carbons (Fsp3) is 0.273. The highest BCUT2D eigenvalue weighted by Crippen LogP contribution is 2.35. The van der Waals surface area contributed by atoms with Crippen LogP contribution in [0, 0.1) is 17.6 Å². The van der Waals surface area contributed by atoms with Gasteiger partial charge in [0.15, 0.2) is 11.5 Å². The summed E-state index contributed by atoms with van der Waals surface area (Å²) in [4.78, 5) is 37.0. The van der Waals surface area contributed by atoms with Crippen molar-refractivity contribution in [1.82, 2.24) is 39.2 Å². The molecule has 0 aliphatic carbocycles. The average Bonchev–Trinajstić information content (AvgIpc) is 3.87. The number of nitrogens with one attached hydrogen (secondary N) is 1. The van der Waals surface area contributed by atoms with Crippen molar-refractivity contribution in [2.45, 2.75) is 31.5 Å². The Bertz CT molecular complexity index is 2160. The molecule has 1 amide bonds. The van der Waals surface area contributed by atoms with Crippen LogP contribution in [0.1, 0.15) is 12.8 Å². The second-order valence-electron chi connectivity index (χ2n) is 12.2. The van der Waals surface area contributed by atoms with Crippen LogP contribution < -0.4 is 10.2 Å². The third kappa shape index (κ3) is 4.29. The molecule has 13 heteroatoms. The number of rotatable bonds is 2. The molecule has 46 heavy (non-hydrogen) atoms. The average molecular weight is 619 g/mol. The van der Waals surface area contributed by atoms with Crippen LogP contribution >= 0.6 is 0 Å². The first kappa shape index (κ1) is 26.9. The van der Waals surface area contributed by atoms with Gasteiger partial charge in [-0.3, -0.25) is 4.79 Å². The van der Waals surface area contributed by atoms with E-state index in [1.807, 2.05) is 46.5 Å². The highest BCUT2D eigenvalue weighted by molar-refractivity contribution is 5.93. The summed E-state index contributed by atoms with van der Waals surface area (Å²) < 4.78 is 31.9. The Morgan fingerprint density at radius 1 is 0.957 bits per heavy atom. The molecule has 0 radical (unpaired) electrons. The van der Waals surface area contributed by atoms with Crippen molar-refractivity contribution in [1.29, 1.82) is 0 Å². The van der Waals surface area contributed by atoms with Crippen LogP contribution in [-0.2, 0) is 11.3 Å². The van der Waals surface area contributed by atoms with Crippen molar-refractivity contribution in [3.05, 3.63) is 85.1 Å². The van der Waals surface area contributed by atoms with E-state index in [1.54, 1.807) is 6.20 Å². The van der Waals surface area contributed by atoms with Gasteiger partial charge in [-0.15, -0.1) is 0 Å². The van der Waals surface area contributed by atoms with Crippen LogP contribution in [-0.4, -0.2) is 76.8 Å². The number of carbonyl (C=O) groups excluding carboxylic acids is 1. The summed E-state index contributed by atoms with van der Waals surface area (Å²) in [6.45, 7) is 2.55. The van der Waals surface area contributed by atoms with Crippen LogP contribution in [0.25, 0.3) is 39.0 Å². The maximum atomic E-state index is 14.8. The van der Waals surface area contributed by atoms with E-state index in [2.05, 4.69) is 36.0 Å². The maximum absolute atomic E-state index is 14.8. The van der Waals surface area contributed by atoms with Crippen LogP contribution in [0.5, 0.6) is 0 Å². The van der Waals surface area contributed by atoms with Crippen molar-refractivity contribution in [2.75, 3.05) is 29.9 Å². The largest absolute Gasteiger partial charge is 0.365 e. The predicted octanol–water partition coefficient (Wildman–Crippen LogP) is 4.43. The zero-order valence-electron chi connectivity index (χ0n) is 24.6. The summed E-state index contributed by atoms with van der Waals surface area (Å²) in [5, 5.41) is 8.55. The molecule has 0 saturated carbocycles. The van der Waals surface area contributed by atoms with E-state index in [0.717, 1.165) is 41.3 Å². The van der Waals surface area contributed by atoms with Gasteiger partial charge in [0.05, 0.1) is 34.6 Å². The van der Waals surface area contributed by atoms with Gasteiger partial charge >= 0.3 is 0 Å². The third-order valence-corrected chi connectivity index (χ3v) is 9.41. The van der Waals surface area contributed by atoms with Gasteiger partial charge in [-0.25, -0.2) is 33.4 Å². The Kier molecular flexibility index (Phi) is 6.02. The Balaban J connectivity index is 1.13. The predicted molar refractivity (Wildman–Crippen MR) is 167 cm³/mol. The molecule has 230 valence electrons. The van der Waals surface area contributed by atoms with E-state index in [-0.39, 0.29) is 23.6 Å². The molecule has 3 atom stereocenters. The second-order valence-corrected chi connectivity index (χ2v) is 12.2. The molecule has 11 nitrogen and oxygen atoms in total. The summed E-state index contributed by atoms with van der Waals surface area (Å²) in [7, 11) is 0. The zero-order valence-corrected chi connectivity index (χ0v) is 24.6. The fourth-order valence-corrected chi connectivity index (χ4v) is 7.32. The number of halogens is 2. The first-order chi connectivity index (χ1) is 22.5. The molecule has 2 aromatic carbocycles. The molecular weight excluding hydrogens is 590 g/mol. The standard InChI is InChI=1S/C33H28F2N10O/c34-20-7-8-27(24(35)11-20)45-32-23(13-39-45)31(36-17-37-32)44-16-21-12-28(44)33(46)42-10-9-19(14-42)15-43-18-38-26-5-1-3-22(30(26)43)25-4-2-6-29(40-21)41-25/h1-8,11,13,17-19,21,28H,9-10,12,14-16H2,(H,40,41)/t19-,21-,28-/m0/s1. The van der Waals surface area contributed by atoms with E-state index in [9.17, 15) is 13.6 Å². The highest BCUT2D eigenvalue weighted by atomic mass is 19.1. The molecule has 0 spiro atoms. The molecule has 6 bridgehead atoms. The molecule has 2 fully saturated rings. The summed E-state index contributed by atoms with van der Waals surface area (Å²) in [5.41, 5.74) is 4.27. The lowest BCUT2D eigenvalue weighted by atomic mass is 10.1. The van der Waals surface area contributed by atoms with E-state index in [4.69, 9.17) is 4.98 Å². The summed E-state index contributed by atoms with van der Waals surface area (Å²) in [5.74, 6) is 0.134. The Morgan fingerprint density at radius 2 is 1.87 bits per heavy atom. The van der Waals surface area contributed by atoms with E-state index < -0.39 is 17.7 Å². The van der Waals surface area contributed by atoms with Gasteiger partial charge in [-0.05, 0) is 49.1 Å². The molecule has 3 aliphatic heterocycles. The number of para-hydroxylation sites is 1. The number of anilines is 2. The van der Waals surface area contributed by atoms with Crippen LogP contribution in [0.4, 0.5) is 20.4 Å². The lowest BCUT2D eigenvalue weighted by Crippen LogP contribution is -2.45. The molecule has 3 aliphatic rings. The zero-order chi connectivity index (χ0) is 30.9. The Labute approximate surface area is 261 Å². The second kappa shape index (κ2) is 10.3. The number of fused-ring (bicyclic) bond motifs is 8. The molecule has 6 aromatic rings. The quantitative estimate of drug-likeness (QED) is 0.304. The third-order valence-electron chi connectivity index (χ3n) is 9.41. The Hall–Kier alpha value is -5.46. The van der Waals surface area contributed by atoms with Crippen molar-refractivity contribution >= 4 is 39.6 Å². The molecule has 1 N–H and O–H groups in total. The van der Waals surface area contributed by atoms with Gasteiger partial charge < -0.3 is 19.7 Å². The van der Waals surface area contributed by atoms with E-state index in [1.165, 1.54) is 23.1 Å². The van der Waals surface area contributed by atoms with Gasteiger partial charge in [-0.2, -0.15) is 5.10 Å². The monoisotopic (exact) mass is 618 g/mol. The maximum Gasteiger partial charge on any atom is 0.245 e. The first-order valence-corrected chi connectivity index (χ1v) is 15.4. The molecule has 0 unspecified atom stereocenters. The number of benzene rings is 2. The van der Waals surface area contributed by atoms with Gasteiger partial charge in [0, 0.05) is 43.9 Å². The lowest BCUT2D eigenvalue weighted by Gasteiger charge is -2.28. The number of nitrogens with zero attached hydrogens (tertiary/aromatic N) is 9. The number of carbonyl (C=O) groups is 1. The van der Waals surface area contributed by atoms with Gasteiger partial charge in [0.2, 0.25) is 5.91 Å². The number of pyridine rings is 1. The number of amides is 1. The fourth-order valence-electron chi connectivity index (χ4n) is 7.32. The minimum absolute atomic E-state index is 0.0447. The Morgan fingerprint density at radius 3 is 2.78 bits per heavy atom. The molecule has 9 rings (SSSR count). The van der Waals surface area contributed by atoms with Gasteiger partial charge in [0.1, 0.15) is 35.5 Å². The van der Waals surface area contributed by atoms with Crippen LogP contribution in [0.2, 0.25) is 0 Å². The molecular formula is C33H28F2N10O. The highest BCUT2D eigenvalue weighted by Gasteiger charge is 2.42. The van der Waals surface area contributed by atoms with E-state index in [0.29, 0.717) is 48.7 Å². The number of imidazole rings is 1. The van der Waals surface area contributed by atoms with E-state index >= 15 is 0 Å². The van der Waals surface area contributed by atoms with Gasteiger partial charge in [0.25, 0.3) is 0 Å². The molecule has 4 aromatic heterocycles. The van der Waals surface area contributed by atoms with Crippen LogP contribution in [0.15, 0.2) is 73.4 Å². The summed E-state index contributed by atoms with van der Waals surface area (Å²) in [6, 6.07) is 14.8. The van der Waals surface area contributed by atoms with Crippen molar-refractivity contribution < 1.29 is 13.6 Å². The first-order valence-electron chi connectivity index (χ1n) is 15.4. The number of aromatic nitrogens is 7. The van der Waals surface area contributed by atoms with Crippen molar-refractivity contribution in [2.24, 2.45) is 5.92 Å². The summed E-state index contributed by atoms with van der Waals surface area (Å²) in [6.07, 6.45) is 6.29. The topological polar surface area (TPSA) is 110 Å². The minimum atomic E-state index is -0.755. The lowest BCUT2D eigenvalue weighted by molar-refractivity contribution is -0.131. The van der Waals surface area contributed by atoms with Crippen LogP contribution in [0.3, 0.4) is 0 Å². The molecule has 2 saturated heterocycles. The smallest absolute Gasteiger partial charge is 0.245 e. The number of hydrogen-bond donors (Lipinski definition) is 1. The van der Waals surface area contributed by atoms with Crippen molar-refractivity contribution in [3.8, 4) is 16.9 Å². The summed E-state index contributed by atoms with van der Waals surface area (Å²) >= 11 is 0.